The maximum atomic E-state index is 5.51. The van der Waals surface area contributed by atoms with Crippen LogP contribution in [0.4, 0.5) is 0 Å². The van der Waals surface area contributed by atoms with Gasteiger partial charge in [0.25, 0.3) is 0 Å². The number of pyridine rings is 3. The molecule has 22 aromatic rings. The highest BCUT2D eigenvalue weighted by Gasteiger charge is 2.22. The average Bonchev–Trinajstić information content (AvgIpc) is 0.743. The van der Waals surface area contributed by atoms with E-state index in [2.05, 4.69) is 400 Å². The molecule has 0 bridgehead atoms. The van der Waals surface area contributed by atoms with Crippen molar-refractivity contribution >= 4 is 43.4 Å². The van der Waals surface area contributed by atoms with Crippen molar-refractivity contribution in [1.29, 1.82) is 0 Å². The van der Waals surface area contributed by atoms with Gasteiger partial charge in [-0.15, -0.1) is 0 Å². The molecule has 0 atom stereocenters. The summed E-state index contributed by atoms with van der Waals surface area (Å²) in [5.41, 5.74) is 33.8. The van der Waals surface area contributed by atoms with Crippen LogP contribution < -0.4 is 0 Å². The van der Waals surface area contributed by atoms with Crippen LogP contribution in [-0.4, -0.2) is 29.9 Å². The molecule has 0 amide bonds. The summed E-state index contributed by atoms with van der Waals surface area (Å²) in [7, 11) is 0. The van der Waals surface area contributed by atoms with Gasteiger partial charge in [0.2, 0.25) is 0 Å². The molecular formula is C118H78N6. The van der Waals surface area contributed by atoms with Gasteiger partial charge in [-0.3, -0.25) is 0 Å². The van der Waals surface area contributed by atoms with E-state index in [4.69, 9.17) is 29.9 Å². The molecule has 0 aliphatic carbocycles. The Balaban J connectivity index is 0.000000152. The van der Waals surface area contributed by atoms with Gasteiger partial charge >= 0.3 is 0 Å². The summed E-state index contributed by atoms with van der Waals surface area (Å²) in [5.74, 6) is 1.89. The molecular weight excluding hydrogens is 1500 g/mol. The first-order valence-electron chi connectivity index (χ1n) is 42.0. The largest absolute Gasteiger partial charge is 0.248 e. The Labute approximate surface area is 720 Å². The minimum absolute atomic E-state index is 0.616. The van der Waals surface area contributed by atoms with E-state index in [0.717, 1.165) is 139 Å². The van der Waals surface area contributed by atoms with Gasteiger partial charge < -0.3 is 0 Å². The second-order valence-electron chi connectivity index (χ2n) is 31.2. The SMILES string of the molecule is c1ccc(-c2ccc(-c3cc4c(-c5ccc(-c6ccccc6)cc5)cc(-c5ccc(-c6cc(-c7ccccc7)nc(-c7ccccc7)c6)cc5)nc4c4ccccc34)cc2)cc1.c1ccc(-c2ccc(-c3cc4c(-c5ccc(-c6ccccc6)cc5)cc(-c5ccc(-c6nc(-c7ccccc7)nc(-c7ccccc7)n6)cc5)nc4c4ccccc34)cc2)cc1. The van der Waals surface area contributed by atoms with Crippen LogP contribution in [0, 0.1) is 0 Å². The number of fused-ring (bicyclic) bond motifs is 6. The lowest BCUT2D eigenvalue weighted by atomic mass is 9.90. The smallest absolute Gasteiger partial charge is 0.164 e. The fourth-order valence-electron chi connectivity index (χ4n) is 17.0. The molecule has 0 radical (unpaired) electrons. The summed E-state index contributed by atoms with van der Waals surface area (Å²) in [6, 6.07) is 167. The number of nitrogens with zero attached hydrogens (tertiary/aromatic N) is 6. The Morgan fingerprint density at radius 3 is 0.581 bits per heavy atom. The quantitative estimate of drug-likeness (QED) is 0.0897. The Morgan fingerprint density at radius 1 is 0.105 bits per heavy atom. The van der Waals surface area contributed by atoms with Crippen LogP contribution in [-0.2, 0) is 0 Å². The van der Waals surface area contributed by atoms with Crippen molar-refractivity contribution in [3.05, 3.63) is 473 Å². The summed E-state index contributed by atoms with van der Waals surface area (Å²) in [4.78, 5) is 30.9. The van der Waals surface area contributed by atoms with Crippen molar-refractivity contribution in [3.8, 4) is 179 Å². The second-order valence-corrected chi connectivity index (χ2v) is 31.2. The molecule has 4 aromatic heterocycles. The Morgan fingerprint density at radius 2 is 0.290 bits per heavy atom. The first-order chi connectivity index (χ1) is 61.4. The maximum absolute atomic E-state index is 5.51. The minimum Gasteiger partial charge on any atom is -0.248 e. The molecule has 0 N–H and O–H groups in total. The maximum Gasteiger partial charge on any atom is 0.164 e. The highest BCUT2D eigenvalue weighted by molar-refractivity contribution is 6.18. The number of hydrogen-bond donors (Lipinski definition) is 0. The third kappa shape index (κ3) is 15.4. The van der Waals surface area contributed by atoms with Crippen LogP contribution >= 0.6 is 0 Å². The summed E-state index contributed by atoms with van der Waals surface area (Å²) >= 11 is 0. The van der Waals surface area contributed by atoms with Gasteiger partial charge in [-0.25, -0.2) is 29.9 Å². The van der Waals surface area contributed by atoms with Gasteiger partial charge in [0.05, 0.1) is 33.8 Å². The molecule has 580 valence electrons. The van der Waals surface area contributed by atoms with Crippen molar-refractivity contribution in [2.75, 3.05) is 0 Å². The highest BCUT2D eigenvalue weighted by atomic mass is 15.0. The summed E-state index contributed by atoms with van der Waals surface area (Å²) < 4.78 is 0. The van der Waals surface area contributed by atoms with Crippen molar-refractivity contribution in [2.24, 2.45) is 0 Å². The van der Waals surface area contributed by atoms with Crippen LogP contribution in [0.25, 0.3) is 223 Å². The normalized spacial score (nSPS) is 11.2. The standard InChI is InChI=1S/C60H40N2.C58H38N4/c1-5-15-41(16-6-1)43-25-31-46(32-26-43)54-39-56-55(47-33-27-44(28-34-47)42-17-7-2-8-18-42)40-59(62-60(56)53-24-14-13-23-52(53)54)50-35-29-45(30-36-50)51-37-57(48-19-9-3-10-20-48)61-58(38-51)49-21-11-4-12-22-49;1-5-15-39(16-6-1)41-25-29-43(30-26-41)51-37-53-52(44-31-27-42(28-32-44)40-17-7-2-8-18-40)38-54(59-55(53)50-24-14-13-23-49(50)51)45-33-35-48(36-34-45)58-61-56(46-19-9-3-10-20-46)60-57(62-58)47-21-11-4-12-22-47/h1-40H;1-38H. The third-order valence-corrected chi connectivity index (χ3v) is 23.5. The molecule has 18 aromatic carbocycles. The molecule has 4 heterocycles. The minimum atomic E-state index is 0.616. The molecule has 0 fully saturated rings. The van der Waals surface area contributed by atoms with Crippen molar-refractivity contribution in [1.82, 2.24) is 29.9 Å². The molecule has 6 heteroatoms. The fourth-order valence-corrected chi connectivity index (χ4v) is 17.0. The summed E-state index contributed by atoms with van der Waals surface area (Å²) in [5, 5.41) is 6.81. The first kappa shape index (κ1) is 75.0. The van der Waals surface area contributed by atoms with Gasteiger partial charge in [-0.2, -0.15) is 0 Å². The Hall–Kier alpha value is -16.5. The number of hydrogen-bond acceptors (Lipinski definition) is 6. The van der Waals surface area contributed by atoms with Crippen LogP contribution in [0.15, 0.2) is 473 Å². The topological polar surface area (TPSA) is 77.3 Å². The van der Waals surface area contributed by atoms with Gasteiger partial charge in [-0.1, -0.05) is 437 Å². The molecule has 6 nitrogen and oxygen atoms in total. The second kappa shape index (κ2) is 33.7. The predicted molar refractivity (Wildman–Crippen MR) is 517 cm³/mol. The van der Waals surface area contributed by atoms with Gasteiger partial charge in [0, 0.05) is 60.5 Å². The van der Waals surface area contributed by atoms with Gasteiger partial charge in [-0.05, 0) is 147 Å². The zero-order valence-corrected chi connectivity index (χ0v) is 67.7. The first-order valence-corrected chi connectivity index (χ1v) is 42.0. The van der Waals surface area contributed by atoms with Gasteiger partial charge in [0.1, 0.15) is 0 Å². The molecule has 22 rings (SSSR count). The van der Waals surface area contributed by atoms with E-state index in [1.54, 1.807) is 0 Å². The Kier molecular flexibility index (Phi) is 20.4. The van der Waals surface area contributed by atoms with Gasteiger partial charge in [0.15, 0.2) is 17.5 Å². The molecule has 0 unspecified atom stereocenters. The van der Waals surface area contributed by atoms with E-state index in [1.165, 1.54) is 66.6 Å². The molecule has 0 aliphatic rings. The average molecular weight is 1580 g/mol. The predicted octanol–water partition coefficient (Wildman–Crippen LogP) is 31.0. The van der Waals surface area contributed by atoms with Crippen LogP contribution in [0.1, 0.15) is 0 Å². The van der Waals surface area contributed by atoms with E-state index in [9.17, 15) is 0 Å². The number of rotatable bonds is 16. The Bertz CT molecular complexity index is 7000. The van der Waals surface area contributed by atoms with Crippen molar-refractivity contribution in [2.45, 2.75) is 0 Å². The molecule has 0 saturated carbocycles. The van der Waals surface area contributed by atoms with Crippen molar-refractivity contribution < 1.29 is 0 Å². The van der Waals surface area contributed by atoms with E-state index in [-0.39, 0.29) is 0 Å². The van der Waals surface area contributed by atoms with E-state index < -0.39 is 0 Å². The van der Waals surface area contributed by atoms with Crippen LogP contribution in [0.5, 0.6) is 0 Å². The highest BCUT2D eigenvalue weighted by Crippen LogP contribution is 2.45. The molecule has 124 heavy (non-hydrogen) atoms. The summed E-state index contributed by atoms with van der Waals surface area (Å²) in [6.45, 7) is 0. The fraction of sp³-hybridized carbons (Fsp3) is 0. The third-order valence-electron chi connectivity index (χ3n) is 23.5. The van der Waals surface area contributed by atoms with E-state index in [0.29, 0.717) is 17.5 Å². The van der Waals surface area contributed by atoms with Crippen molar-refractivity contribution in [3.63, 3.8) is 0 Å². The number of benzene rings is 18. The lowest BCUT2D eigenvalue weighted by Crippen LogP contribution is -2.00. The number of aromatic nitrogens is 6. The zero-order valence-electron chi connectivity index (χ0n) is 67.7. The zero-order chi connectivity index (χ0) is 82.5. The monoisotopic (exact) mass is 1580 g/mol. The molecule has 0 saturated heterocycles. The summed E-state index contributed by atoms with van der Waals surface area (Å²) in [6.07, 6.45) is 0. The van der Waals surface area contributed by atoms with Crippen LogP contribution in [0.2, 0.25) is 0 Å². The lowest BCUT2D eigenvalue weighted by Gasteiger charge is -2.16. The molecule has 0 spiro atoms. The van der Waals surface area contributed by atoms with E-state index >= 15 is 0 Å². The van der Waals surface area contributed by atoms with Crippen LogP contribution in [0.3, 0.4) is 0 Å². The van der Waals surface area contributed by atoms with E-state index in [1.807, 2.05) is 72.8 Å². The molecule has 0 aliphatic heterocycles. The lowest BCUT2D eigenvalue weighted by molar-refractivity contribution is 1.07.